The number of rotatable bonds is 0. The number of hydrogen-bond acceptors (Lipinski definition) is 1. The second-order valence-electron chi connectivity index (χ2n) is 4.45. The molecule has 3 aliphatic rings. The summed E-state index contributed by atoms with van der Waals surface area (Å²) < 4.78 is 1.60. The third-order valence-electron chi connectivity index (χ3n) is 4.21. The average molecular weight is 151 g/mol. The van der Waals surface area contributed by atoms with Crippen LogP contribution in [0.2, 0.25) is 0 Å². The fourth-order valence-corrected chi connectivity index (χ4v) is 3.46. The van der Waals surface area contributed by atoms with E-state index < -0.39 is 0 Å². The van der Waals surface area contributed by atoms with Crippen LogP contribution < -0.4 is 5.73 Å². The highest BCUT2D eigenvalue weighted by atomic mass is 15.4. The largest absolute Gasteiger partial charge is 0.506 e. The summed E-state index contributed by atoms with van der Waals surface area (Å²) in [4.78, 5) is 0. The van der Waals surface area contributed by atoms with Crippen molar-refractivity contribution in [2.24, 2.45) is 5.73 Å². The molecule has 2 bridgehead atoms. The van der Waals surface area contributed by atoms with E-state index in [1.165, 1.54) is 0 Å². The van der Waals surface area contributed by atoms with Gasteiger partial charge in [-0.2, -0.15) is 0 Å². The normalized spacial score (nSPS) is 59.4. The van der Waals surface area contributed by atoms with Gasteiger partial charge in [-0.15, -0.1) is 0 Å². The molecule has 0 amide bonds. The lowest BCUT2D eigenvalue weighted by molar-refractivity contribution is -0.625. The van der Waals surface area contributed by atoms with Crippen LogP contribution in [-0.4, -0.2) is 21.8 Å². The zero-order valence-electron chi connectivity index (χ0n) is 6.58. The molecule has 3 heteroatoms. The highest BCUT2D eigenvalue weighted by molar-refractivity contribution is 5.15. The molecule has 0 saturated carbocycles. The molecular formula is C8H13N3. The zero-order chi connectivity index (χ0) is 7.69. The van der Waals surface area contributed by atoms with Gasteiger partial charge in [-0.1, -0.05) is 0 Å². The van der Waals surface area contributed by atoms with E-state index in [0.29, 0.717) is 0 Å². The van der Waals surface area contributed by atoms with Gasteiger partial charge in [0.25, 0.3) is 0 Å². The van der Waals surface area contributed by atoms with Crippen LogP contribution in [0.5, 0.6) is 0 Å². The van der Waals surface area contributed by atoms with Gasteiger partial charge >= 0.3 is 0 Å². The van der Waals surface area contributed by atoms with E-state index in [0.717, 1.165) is 32.1 Å². The minimum absolute atomic E-state index is 0. The first-order valence-electron chi connectivity index (χ1n) is 4.45. The first-order valence-corrected chi connectivity index (χ1v) is 4.45. The monoisotopic (exact) mass is 151 g/mol. The fourth-order valence-electron chi connectivity index (χ4n) is 3.46. The van der Waals surface area contributed by atoms with E-state index in [1.54, 1.807) is 4.70 Å². The van der Waals surface area contributed by atoms with E-state index in [4.69, 9.17) is 5.73 Å². The van der Waals surface area contributed by atoms with Crippen LogP contribution in [-0.2, 0) is 0 Å². The van der Waals surface area contributed by atoms with Crippen LogP contribution in [0, 0.1) is 0 Å². The van der Waals surface area contributed by atoms with E-state index in [2.05, 4.69) is 0 Å². The second-order valence-corrected chi connectivity index (χ2v) is 4.45. The molecule has 3 fully saturated rings. The number of nitrogens with two attached hydrogens (primary N) is 1. The molecule has 0 aromatic rings. The standard InChI is InChI=1S/C8H13N3/c9-6-5-7-1-3-8(6,4-2-7)11(7)10/h6H,1-5,9H2. The van der Waals surface area contributed by atoms with Crippen molar-refractivity contribution >= 4 is 0 Å². The zero-order valence-corrected chi connectivity index (χ0v) is 6.58. The molecule has 3 saturated heterocycles. The molecule has 1 atom stereocenters. The topological polar surface area (TPSA) is 51.3 Å². The van der Waals surface area contributed by atoms with Crippen LogP contribution in [0.25, 0.3) is 5.53 Å². The van der Waals surface area contributed by atoms with E-state index >= 15 is 0 Å². The number of hydrogen-bond donors (Lipinski definition) is 1. The van der Waals surface area contributed by atoms with E-state index in [-0.39, 0.29) is 17.1 Å². The first kappa shape index (κ1) is 6.12. The Morgan fingerprint density at radius 1 is 1.27 bits per heavy atom. The van der Waals surface area contributed by atoms with Crippen molar-refractivity contribution in [3.63, 3.8) is 0 Å². The second kappa shape index (κ2) is 1.38. The molecule has 60 valence electrons. The lowest BCUT2D eigenvalue weighted by atomic mass is 9.68. The molecule has 0 radical (unpaired) electrons. The molecule has 1 unspecified atom stereocenters. The summed E-state index contributed by atoms with van der Waals surface area (Å²) in [5.41, 5.74) is 15.9. The molecule has 2 N–H and O–H groups in total. The molecule has 3 aliphatic heterocycles. The van der Waals surface area contributed by atoms with Crippen LogP contribution in [0.4, 0.5) is 0 Å². The Kier molecular flexibility index (Phi) is 0.765. The van der Waals surface area contributed by atoms with E-state index in [9.17, 15) is 5.53 Å². The maximum absolute atomic E-state index is 9.83. The quantitative estimate of drug-likeness (QED) is 0.512. The Morgan fingerprint density at radius 2 is 1.91 bits per heavy atom. The van der Waals surface area contributed by atoms with Gasteiger partial charge < -0.3 is 16.0 Å². The number of nitrogens with zero attached hydrogens (tertiary/aromatic N) is 2. The summed E-state index contributed by atoms with van der Waals surface area (Å²) in [6.07, 6.45) is 5.58. The molecule has 3 rings (SSSR count). The van der Waals surface area contributed by atoms with Crippen molar-refractivity contribution in [2.75, 3.05) is 0 Å². The Balaban J connectivity index is 2.21. The van der Waals surface area contributed by atoms with Gasteiger partial charge in [-0.25, -0.2) is 0 Å². The van der Waals surface area contributed by atoms with Crippen LogP contribution in [0.1, 0.15) is 32.1 Å². The maximum atomic E-state index is 9.83. The Labute approximate surface area is 66.1 Å². The molecule has 0 aromatic heterocycles. The first-order chi connectivity index (χ1) is 5.20. The summed E-state index contributed by atoms with van der Waals surface area (Å²) >= 11 is 0. The lowest BCUT2D eigenvalue weighted by Gasteiger charge is -2.30. The molecule has 0 spiro atoms. The van der Waals surface area contributed by atoms with Gasteiger partial charge in [0.05, 0.1) is 6.04 Å². The van der Waals surface area contributed by atoms with Gasteiger partial charge in [0, 0.05) is 32.1 Å². The smallest absolute Gasteiger partial charge is 0.167 e. The Hall–Kier alpha value is -0.440. The summed E-state index contributed by atoms with van der Waals surface area (Å²) in [5.74, 6) is 0. The molecule has 0 aromatic carbocycles. The van der Waals surface area contributed by atoms with Crippen molar-refractivity contribution in [1.82, 2.24) is 0 Å². The molecule has 3 heterocycles. The van der Waals surface area contributed by atoms with Gasteiger partial charge in [0.2, 0.25) is 0 Å². The summed E-state index contributed by atoms with van der Waals surface area (Å²) in [6, 6.07) is 0.231. The van der Waals surface area contributed by atoms with Crippen LogP contribution in [0.3, 0.4) is 0 Å². The van der Waals surface area contributed by atoms with Crippen LogP contribution >= 0.6 is 0 Å². The van der Waals surface area contributed by atoms with Gasteiger partial charge in [-0.05, 0) is 0 Å². The predicted octanol–water partition coefficient (Wildman–Crippen LogP) is 0.817. The lowest BCUT2D eigenvalue weighted by Crippen LogP contribution is -2.48. The minimum Gasteiger partial charge on any atom is -0.506 e. The summed E-state index contributed by atoms with van der Waals surface area (Å²) in [7, 11) is 0. The van der Waals surface area contributed by atoms with Gasteiger partial charge in [-0.3, -0.25) is 0 Å². The molecule has 3 nitrogen and oxygen atoms in total. The van der Waals surface area contributed by atoms with Crippen molar-refractivity contribution < 1.29 is 4.70 Å². The average Bonchev–Trinajstić information content (AvgIpc) is 2.48. The maximum Gasteiger partial charge on any atom is 0.167 e. The molecular weight excluding hydrogens is 138 g/mol. The van der Waals surface area contributed by atoms with Gasteiger partial charge in [0.1, 0.15) is 0 Å². The van der Waals surface area contributed by atoms with Crippen molar-refractivity contribution in [3.05, 3.63) is 5.53 Å². The SMILES string of the molecule is [N-]=[N+]1C23CCC1(CC2)C(N)C3. The highest BCUT2D eigenvalue weighted by Crippen LogP contribution is 2.60. The fraction of sp³-hybridized carbons (Fsp3) is 1.00. The Bertz CT molecular complexity index is 238. The van der Waals surface area contributed by atoms with Gasteiger partial charge in [0.15, 0.2) is 11.1 Å². The summed E-state index contributed by atoms with van der Waals surface area (Å²) in [5, 5.41) is 0. The van der Waals surface area contributed by atoms with Crippen molar-refractivity contribution in [3.8, 4) is 0 Å². The molecule has 11 heavy (non-hydrogen) atoms. The summed E-state index contributed by atoms with van der Waals surface area (Å²) in [6.45, 7) is 0. The predicted molar refractivity (Wildman–Crippen MR) is 40.1 cm³/mol. The van der Waals surface area contributed by atoms with Crippen molar-refractivity contribution in [2.45, 2.75) is 49.2 Å². The highest BCUT2D eigenvalue weighted by Gasteiger charge is 2.72. The van der Waals surface area contributed by atoms with Crippen molar-refractivity contribution in [1.29, 1.82) is 0 Å². The van der Waals surface area contributed by atoms with E-state index in [1.807, 2.05) is 0 Å². The third-order valence-corrected chi connectivity index (χ3v) is 4.21. The third kappa shape index (κ3) is 0.409. The van der Waals surface area contributed by atoms with Crippen LogP contribution in [0.15, 0.2) is 0 Å². The Morgan fingerprint density at radius 3 is 2.09 bits per heavy atom. The minimum atomic E-state index is 0. The molecule has 0 aliphatic carbocycles.